The van der Waals surface area contributed by atoms with Crippen LogP contribution in [0, 0.1) is 5.92 Å². The van der Waals surface area contributed by atoms with Crippen LogP contribution in [-0.2, 0) is 24.4 Å². The van der Waals surface area contributed by atoms with Crippen LogP contribution in [0.15, 0.2) is 12.1 Å². The third-order valence-electron chi connectivity index (χ3n) is 5.01. The highest BCUT2D eigenvalue weighted by Gasteiger charge is 2.25. The van der Waals surface area contributed by atoms with Crippen molar-refractivity contribution in [2.75, 3.05) is 24.3 Å². The first-order valence-electron chi connectivity index (χ1n) is 8.89. The molecular formula is C17H23N7O2. The van der Waals surface area contributed by atoms with E-state index in [1.165, 1.54) is 0 Å². The molecule has 0 radical (unpaired) electrons. The molecule has 1 fully saturated rings. The number of carbonyl (C=O) groups is 1. The third kappa shape index (κ3) is 3.29. The van der Waals surface area contributed by atoms with Crippen molar-refractivity contribution in [1.82, 2.24) is 25.1 Å². The maximum absolute atomic E-state index is 12.0. The Kier molecular flexibility index (Phi) is 4.36. The fourth-order valence-electron chi connectivity index (χ4n) is 3.30. The molecular weight excluding hydrogens is 334 g/mol. The number of carbonyl (C=O) groups excluding carboxylic acids is 1. The van der Waals surface area contributed by atoms with Crippen LogP contribution in [0.2, 0.25) is 0 Å². The normalized spacial score (nSPS) is 16.7. The lowest BCUT2D eigenvalue weighted by atomic mass is 9.85. The minimum Gasteiger partial charge on any atom is -0.481 e. The molecule has 0 unspecified atom stereocenters. The van der Waals surface area contributed by atoms with Crippen LogP contribution in [0.3, 0.4) is 0 Å². The van der Waals surface area contributed by atoms with Crippen LogP contribution in [0.25, 0.3) is 0 Å². The number of nitrogens with two attached hydrogens (primary N) is 1. The smallest absolute Gasteiger partial charge is 0.225 e. The van der Waals surface area contributed by atoms with E-state index in [0.717, 1.165) is 49.6 Å². The Morgan fingerprint density at radius 1 is 1.35 bits per heavy atom. The number of rotatable bonds is 5. The summed E-state index contributed by atoms with van der Waals surface area (Å²) in [6, 6.07) is 3.82. The highest BCUT2D eigenvalue weighted by molar-refractivity contribution is 5.79. The molecule has 26 heavy (non-hydrogen) atoms. The minimum atomic E-state index is 0.146. The summed E-state index contributed by atoms with van der Waals surface area (Å²) in [6.45, 7) is 2.66. The van der Waals surface area contributed by atoms with Crippen molar-refractivity contribution in [2.24, 2.45) is 5.92 Å². The van der Waals surface area contributed by atoms with E-state index in [1.54, 1.807) is 13.2 Å². The molecule has 4 rings (SSSR count). The summed E-state index contributed by atoms with van der Waals surface area (Å²) in [5.74, 6) is 1.72. The van der Waals surface area contributed by atoms with Gasteiger partial charge in [-0.1, -0.05) is 6.42 Å². The summed E-state index contributed by atoms with van der Waals surface area (Å²) in [6.07, 6.45) is 3.17. The maximum Gasteiger partial charge on any atom is 0.225 e. The number of hydrogen-bond donors (Lipinski definition) is 2. The van der Waals surface area contributed by atoms with Crippen molar-refractivity contribution >= 4 is 17.7 Å². The summed E-state index contributed by atoms with van der Waals surface area (Å²) in [7, 11) is 1.56. The van der Waals surface area contributed by atoms with Crippen LogP contribution in [-0.4, -0.2) is 39.3 Å². The molecule has 0 bridgehead atoms. The number of hydrogen-bond acceptors (Lipinski definition) is 7. The van der Waals surface area contributed by atoms with Gasteiger partial charge in [-0.25, -0.2) is 0 Å². The van der Waals surface area contributed by atoms with Crippen LogP contribution < -0.4 is 20.7 Å². The number of nitrogens with one attached hydrogen (secondary N) is 1. The van der Waals surface area contributed by atoms with Crippen molar-refractivity contribution < 1.29 is 9.53 Å². The molecule has 0 aromatic carbocycles. The molecule has 3 heterocycles. The van der Waals surface area contributed by atoms with Gasteiger partial charge in [0.05, 0.1) is 38.1 Å². The Bertz CT molecular complexity index is 815. The number of fused-ring (bicyclic) bond motifs is 1. The van der Waals surface area contributed by atoms with Gasteiger partial charge < -0.3 is 20.7 Å². The second-order valence-corrected chi connectivity index (χ2v) is 6.74. The highest BCUT2D eigenvalue weighted by Crippen LogP contribution is 2.26. The maximum atomic E-state index is 12.0. The summed E-state index contributed by atoms with van der Waals surface area (Å²) >= 11 is 0. The molecule has 1 aliphatic carbocycles. The number of ether oxygens (including phenoxy) is 1. The van der Waals surface area contributed by atoms with Gasteiger partial charge in [0.25, 0.3) is 0 Å². The minimum absolute atomic E-state index is 0.146. The van der Waals surface area contributed by atoms with Gasteiger partial charge in [0, 0.05) is 18.5 Å². The van der Waals surface area contributed by atoms with E-state index in [9.17, 15) is 4.79 Å². The van der Waals surface area contributed by atoms with Gasteiger partial charge >= 0.3 is 0 Å². The monoisotopic (exact) mass is 357 g/mol. The van der Waals surface area contributed by atoms with Crippen LogP contribution in [0.5, 0.6) is 5.88 Å². The van der Waals surface area contributed by atoms with Gasteiger partial charge in [-0.2, -0.15) is 15.1 Å². The third-order valence-corrected chi connectivity index (χ3v) is 5.01. The summed E-state index contributed by atoms with van der Waals surface area (Å²) in [5, 5.41) is 7.59. The van der Waals surface area contributed by atoms with E-state index in [4.69, 9.17) is 10.5 Å². The zero-order valence-corrected chi connectivity index (χ0v) is 14.8. The summed E-state index contributed by atoms with van der Waals surface area (Å²) < 4.78 is 7.16. The molecule has 1 saturated carbocycles. The standard InChI is InChI=1S/C17H23N7O2/c1-26-15-8-14(20-17(18)21-15)23-5-6-24-13(10-23)7-12(22-24)9-19-16(25)11-3-2-4-11/h7-8,11H,2-6,9-10H2,1H3,(H,19,25)(H2,18,20,21). The second kappa shape index (κ2) is 6.81. The Morgan fingerprint density at radius 3 is 2.92 bits per heavy atom. The van der Waals surface area contributed by atoms with Gasteiger partial charge in [-0.05, 0) is 18.9 Å². The van der Waals surface area contributed by atoms with E-state index >= 15 is 0 Å². The Balaban J connectivity index is 1.43. The first-order valence-corrected chi connectivity index (χ1v) is 8.89. The van der Waals surface area contributed by atoms with Gasteiger partial charge in [-0.15, -0.1) is 0 Å². The Labute approximate surface area is 151 Å². The zero-order valence-electron chi connectivity index (χ0n) is 14.8. The van der Waals surface area contributed by atoms with Crippen molar-refractivity contribution in [3.8, 4) is 5.88 Å². The van der Waals surface area contributed by atoms with E-state index in [2.05, 4.69) is 25.3 Å². The first kappa shape index (κ1) is 16.6. The lowest BCUT2D eigenvalue weighted by Crippen LogP contribution is -2.34. The molecule has 2 aliphatic rings. The molecule has 1 aliphatic heterocycles. The van der Waals surface area contributed by atoms with E-state index in [0.29, 0.717) is 19.0 Å². The lowest BCUT2D eigenvalue weighted by molar-refractivity contribution is -0.127. The lowest BCUT2D eigenvalue weighted by Gasteiger charge is -2.28. The largest absolute Gasteiger partial charge is 0.481 e. The van der Waals surface area contributed by atoms with Crippen molar-refractivity contribution in [1.29, 1.82) is 0 Å². The number of amides is 1. The van der Waals surface area contributed by atoms with Crippen LogP contribution >= 0.6 is 0 Å². The van der Waals surface area contributed by atoms with Gasteiger partial charge in [0.15, 0.2) is 0 Å². The first-order chi connectivity index (χ1) is 12.6. The van der Waals surface area contributed by atoms with Crippen molar-refractivity contribution in [2.45, 2.75) is 38.9 Å². The SMILES string of the molecule is COc1cc(N2CCn3nc(CNC(=O)C4CCC4)cc3C2)nc(N)n1. The average Bonchev–Trinajstić information content (AvgIpc) is 3.00. The predicted octanol–water partition coefficient (Wildman–Crippen LogP) is 0.700. The van der Waals surface area contributed by atoms with Crippen molar-refractivity contribution in [3.63, 3.8) is 0 Å². The van der Waals surface area contributed by atoms with Gasteiger partial charge in [0.1, 0.15) is 5.82 Å². The van der Waals surface area contributed by atoms with E-state index in [1.807, 2.05) is 10.7 Å². The van der Waals surface area contributed by atoms with Crippen LogP contribution in [0.4, 0.5) is 11.8 Å². The van der Waals surface area contributed by atoms with Crippen molar-refractivity contribution in [3.05, 3.63) is 23.5 Å². The fourth-order valence-corrected chi connectivity index (χ4v) is 3.30. The Hall–Kier alpha value is -2.84. The molecule has 1 amide bonds. The molecule has 2 aromatic rings. The molecule has 2 aromatic heterocycles. The summed E-state index contributed by atoms with van der Waals surface area (Å²) in [4.78, 5) is 22.4. The second-order valence-electron chi connectivity index (χ2n) is 6.74. The molecule has 9 nitrogen and oxygen atoms in total. The van der Waals surface area contributed by atoms with E-state index < -0.39 is 0 Å². The quantitative estimate of drug-likeness (QED) is 0.810. The molecule has 3 N–H and O–H groups in total. The molecule has 9 heteroatoms. The molecule has 138 valence electrons. The van der Waals surface area contributed by atoms with Gasteiger partial charge in [0.2, 0.25) is 17.7 Å². The Morgan fingerprint density at radius 2 is 2.19 bits per heavy atom. The number of methoxy groups -OCH3 is 1. The summed E-state index contributed by atoms with van der Waals surface area (Å²) in [5.41, 5.74) is 7.73. The fraction of sp³-hybridized carbons (Fsp3) is 0.529. The number of nitrogen functional groups attached to an aromatic ring is 1. The predicted molar refractivity (Wildman–Crippen MR) is 95.5 cm³/mol. The van der Waals surface area contributed by atoms with E-state index in [-0.39, 0.29) is 17.8 Å². The van der Waals surface area contributed by atoms with Gasteiger partial charge in [-0.3, -0.25) is 9.48 Å². The van der Waals surface area contributed by atoms with Crippen LogP contribution in [0.1, 0.15) is 30.7 Å². The zero-order chi connectivity index (χ0) is 18.1. The number of anilines is 2. The number of aromatic nitrogens is 4. The topological polar surface area (TPSA) is 111 Å². The average molecular weight is 357 g/mol. The highest BCUT2D eigenvalue weighted by atomic mass is 16.5. The number of nitrogens with zero attached hydrogens (tertiary/aromatic N) is 5. The molecule has 0 atom stereocenters. The molecule has 0 spiro atoms. The molecule has 0 saturated heterocycles.